The molecule has 1 aliphatic rings. The van der Waals surface area contributed by atoms with E-state index in [-0.39, 0.29) is 23.9 Å². The lowest BCUT2D eigenvalue weighted by molar-refractivity contribution is -0.116. The van der Waals surface area contributed by atoms with Crippen LogP contribution >= 0.6 is 11.8 Å². The van der Waals surface area contributed by atoms with Crippen molar-refractivity contribution in [3.8, 4) is 11.5 Å². The van der Waals surface area contributed by atoms with Crippen LogP contribution in [0.1, 0.15) is 29.0 Å². The van der Waals surface area contributed by atoms with E-state index in [0.717, 1.165) is 5.56 Å². The van der Waals surface area contributed by atoms with Crippen LogP contribution in [0.5, 0.6) is 11.5 Å². The number of nitrogens with zero attached hydrogens (tertiary/aromatic N) is 2. The van der Waals surface area contributed by atoms with Crippen molar-refractivity contribution in [2.45, 2.75) is 23.2 Å². The van der Waals surface area contributed by atoms with Gasteiger partial charge in [-0.1, -0.05) is 30.0 Å². The Morgan fingerprint density at radius 3 is 2.71 bits per heavy atom. The van der Waals surface area contributed by atoms with Crippen LogP contribution in [-0.2, 0) is 17.6 Å². The van der Waals surface area contributed by atoms with Crippen molar-refractivity contribution in [2.24, 2.45) is 7.05 Å². The van der Waals surface area contributed by atoms with E-state index in [4.69, 9.17) is 4.74 Å². The molecule has 1 amide bonds. The highest BCUT2D eigenvalue weighted by atomic mass is 32.2. The third kappa shape index (κ3) is 4.13. The molecule has 1 aliphatic heterocycles. The maximum atomic E-state index is 13.1. The zero-order valence-electron chi connectivity index (χ0n) is 16.9. The van der Waals surface area contributed by atoms with Crippen LogP contribution < -0.4 is 15.6 Å². The summed E-state index contributed by atoms with van der Waals surface area (Å²) in [5.74, 6) is 0.194. The SMILES string of the molecule is COc1cc(O)ccc1[C@H]1CC(=O)Nc2c1c(=O)nc(SCc1ccc(F)cc1)n2C. The number of methoxy groups -OCH3 is 1. The molecule has 0 aliphatic carbocycles. The molecule has 0 unspecified atom stereocenters. The number of halogens is 1. The number of carbonyl (C=O) groups excluding carboxylic acids is 1. The van der Waals surface area contributed by atoms with Crippen molar-refractivity contribution < 1.29 is 19.0 Å². The third-order valence-electron chi connectivity index (χ3n) is 5.17. The first-order chi connectivity index (χ1) is 14.9. The van der Waals surface area contributed by atoms with Crippen molar-refractivity contribution >= 4 is 23.5 Å². The Morgan fingerprint density at radius 2 is 2.00 bits per heavy atom. The van der Waals surface area contributed by atoms with Gasteiger partial charge in [0.05, 0.1) is 12.7 Å². The van der Waals surface area contributed by atoms with Gasteiger partial charge in [0.1, 0.15) is 23.1 Å². The summed E-state index contributed by atoms with van der Waals surface area (Å²) in [7, 11) is 3.20. The minimum absolute atomic E-state index is 0.0275. The second-order valence-corrected chi connectivity index (χ2v) is 8.11. The maximum absolute atomic E-state index is 13.1. The molecule has 0 fully saturated rings. The number of ether oxygens (including phenoxy) is 1. The summed E-state index contributed by atoms with van der Waals surface area (Å²) in [4.78, 5) is 29.8. The summed E-state index contributed by atoms with van der Waals surface area (Å²) in [6, 6.07) is 10.7. The molecule has 0 radical (unpaired) electrons. The Balaban J connectivity index is 1.74. The first kappa shape index (κ1) is 20.9. The molecule has 0 saturated heterocycles. The predicted octanol–water partition coefficient (Wildman–Crippen LogP) is 3.40. The summed E-state index contributed by atoms with van der Waals surface area (Å²) in [6.45, 7) is 0. The maximum Gasteiger partial charge on any atom is 0.279 e. The average Bonchev–Trinajstić information content (AvgIpc) is 2.75. The Morgan fingerprint density at radius 1 is 1.26 bits per heavy atom. The second kappa shape index (κ2) is 8.43. The molecule has 2 N–H and O–H groups in total. The van der Waals surface area contributed by atoms with Crippen molar-refractivity contribution in [2.75, 3.05) is 12.4 Å². The monoisotopic (exact) mass is 441 g/mol. The minimum atomic E-state index is -0.554. The van der Waals surface area contributed by atoms with E-state index in [1.165, 1.54) is 43.1 Å². The molecule has 0 spiro atoms. The van der Waals surface area contributed by atoms with Gasteiger partial charge in [0.15, 0.2) is 5.16 Å². The molecule has 1 atom stereocenters. The quantitative estimate of drug-likeness (QED) is 0.466. The van der Waals surface area contributed by atoms with E-state index in [0.29, 0.717) is 33.6 Å². The summed E-state index contributed by atoms with van der Waals surface area (Å²) in [5.41, 5.74) is 1.45. The minimum Gasteiger partial charge on any atom is -0.508 e. The van der Waals surface area contributed by atoms with Gasteiger partial charge in [0.2, 0.25) is 5.91 Å². The Hall–Kier alpha value is -3.33. The zero-order chi connectivity index (χ0) is 22.1. The number of phenols is 1. The lowest BCUT2D eigenvalue weighted by Crippen LogP contribution is -2.33. The van der Waals surface area contributed by atoms with Crippen molar-refractivity contribution in [3.63, 3.8) is 0 Å². The van der Waals surface area contributed by atoms with Crippen LogP contribution in [0.15, 0.2) is 52.4 Å². The van der Waals surface area contributed by atoms with E-state index >= 15 is 0 Å². The highest BCUT2D eigenvalue weighted by molar-refractivity contribution is 7.98. The number of aromatic hydroxyl groups is 1. The topological polar surface area (TPSA) is 93.4 Å². The van der Waals surface area contributed by atoms with Crippen LogP contribution in [0, 0.1) is 5.82 Å². The van der Waals surface area contributed by atoms with E-state index < -0.39 is 11.5 Å². The second-order valence-electron chi connectivity index (χ2n) is 7.17. The molecule has 3 aromatic rings. The lowest BCUT2D eigenvalue weighted by Gasteiger charge is -2.28. The number of phenolic OH excluding ortho intramolecular Hbond substituents is 1. The van der Waals surface area contributed by atoms with Crippen LogP contribution in [0.25, 0.3) is 0 Å². The number of benzene rings is 2. The van der Waals surface area contributed by atoms with Crippen LogP contribution in [0.4, 0.5) is 10.2 Å². The Labute approximate surface area is 181 Å². The highest BCUT2D eigenvalue weighted by Crippen LogP contribution is 2.40. The van der Waals surface area contributed by atoms with Crippen LogP contribution in [0.2, 0.25) is 0 Å². The molecule has 160 valence electrons. The molecule has 31 heavy (non-hydrogen) atoms. The van der Waals surface area contributed by atoms with Gasteiger partial charge >= 0.3 is 0 Å². The van der Waals surface area contributed by atoms with Crippen molar-refractivity contribution in [1.82, 2.24) is 9.55 Å². The molecule has 1 aromatic heterocycles. The first-order valence-electron chi connectivity index (χ1n) is 9.52. The average molecular weight is 441 g/mol. The van der Waals surface area contributed by atoms with Crippen molar-refractivity contribution in [3.05, 3.63) is 75.3 Å². The van der Waals surface area contributed by atoms with E-state index in [1.54, 1.807) is 29.8 Å². The fourth-order valence-electron chi connectivity index (χ4n) is 3.65. The number of hydrogen-bond acceptors (Lipinski definition) is 6. The molecule has 0 bridgehead atoms. The smallest absolute Gasteiger partial charge is 0.279 e. The fraction of sp³-hybridized carbons (Fsp3) is 0.227. The number of nitrogens with one attached hydrogen (secondary N) is 1. The number of amides is 1. The molecule has 0 saturated carbocycles. The summed E-state index contributed by atoms with van der Waals surface area (Å²) >= 11 is 1.32. The highest BCUT2D eigenvalue weighted by Gasteiger charge is 2.33. The zero-order valence-corrected chi connectivity index (χ0v) is 17.7. The number of rotatable bonds is 5. The molecular formula is C22H20FN3O4S. The van der Waals surface area contributed by atoms with E-state index in [1.807, 2.05) is 0 Å². The fourth-order valence-corrected chi connectivity index (χ4v) is 4.57. The molecule has 2 aromatic carbocycles. The van der Waals surface area contributed by atoms with E-state index in [2.05, 4.69) is 10.3 Å². The van der Waals surface area contributed by atoms with Crippen molar-refractivity contribution in [1.29, 1.82) is 0 Å². The number of anilines is 1. The first-order valence-corrected chi connectivity index (χ1v) is 10.5. The number of fused-ring (bicyclic) bond motifs is 1. The van der Waals surface area contributed by atoms with Gasteiger partial charge < -0.3 is 19.7 Å². The van der Waals surface area contributed by atoms with Crippen LogP contribution in [0.3, 0.4) is 0 Å². The number of hydrogen-bond donors (Lipinski definition) is 2. The predicted molar refractivity (Wildman–Crippen MR) is 115 cm³/mol. The third-order valence-corrected chi connectivity index (χ3v) is 6.28. The molecule has 2 heterocycles. The van der Waals surface area contributed by atoms with E-state index in [9.17, 15) is 19.1 Å². The molecule has 7 nitrogen and oxygen atoms in total. The molecule has 9 heteroatoms. The lowest BCUT2D eigenvalue weighted by atomic mass is 9.86. The van der Waals surface area contributed by atoms with Gasteiger partial charge in [-0.25, -0.2) is 4.39 Å². The van der Waals surface area contributed by atoms with Gasteiger partial charge in [-0.05, 0) is 23.8 Å². The normalized spacial score (nSPS) is 15.3. The van der Waals surface area contributed by atoms with Gasteiger partial charge in [-0.3, -0.25) is 9.59 Å². The van der Waals surface area contributed by atoms with Gasteiger partial charge in [0, 0.05) is 36.8 Å². The molecular weight excluding hydrogens is 421 g/mol. The van der Waals surface area contributed by atoms with Crippen LogP contribution in [-0.4, -0.2) is 27.7 Å². The number of thioether (sulfide) groups is 1. The number of carbonyl (C=O) groups is 1. The number of aromatic nitrogens is 2. The largest absolute Gasteiger partial charge is 0.508 e. The van der Waals surface area contributed by atoms with Gasteiger partial charge in [-0.15, -0.1) is 0 Å². The summed E-state index contributed by atoms with van der Waals surface area (Å²) < 4.78 is 20.2. The standard InChI is InChI=1S/C22H20FN3O4S/c1-26-20-19(21(29)25-22(26)31-11-12-3-5-13(23)6-4-12)16(10-18(28)24-20)15-8-7-14(27)9-17(15)30-2/h3-9,16,27H,10-11H2,1-2H3,(H,24,28)/t16-/m1/s1. The molecule has 4 rings (SSSR count). The van der Waals surface area contributed by atoms with Gasteiger partial charge in [0.25, 0.3) is 5.56 Å². The van der Waals surface area contributed by atoms with Gasteiger partial charge in [-0.2, -0.15) is 4.98 Å². The summed E-state index contributed by atoms with van der Waals surface area (Å²) in [6.07, 6.45) is 0.0626. The summed E-state index contributed by atoms with van der Waals surface area (Å²) in [5, 5.41) is 13.0. The Bertz CT molecular complexity index is 1210. The Kier molecular flexibility index (Phi) is 5.69.